The van der Waals surface area contributed by atoms with Crippen molar-refractivity contribution in [2.24, 2.45) is 5.73 Å². The van der Waals surface area contributed by atoms with Gasteiger partial charge in [0.15, 0.2) is 0 Å². The summed E-state index contributed by atoms with van der Waals surface area (Å²) in [7, 11) is 0. The average Bonchev–Trinajstić information content (AvgIpc) is 2.45. The molecule has 100 valence electrons. The summed E-state index contributed by atoms with van der Waals surface area (Å²) in [6, 6.07) is 12.8. The maximum absolute atomic E-state index is 5.96. The molecule has 1 heterocycles. The van der Waals surface area contributed by atoms with Gasteiger partial charge in [-0.15, -0.1) is 11.8 Å². The van der Waals surface area contributed by atoms with Crippen LogP contribution in [0.25, 0.3) is 0 Å². The summed E-state index contributed by atoms with van der Waals surface area (Å²) in [6.45, 7) is 4.20. The lowest BCUT2D eigenvalue weighted by atomic mass is 10.1. The summed E-state index contributed by atoms with van der Waals surface area (Å²) in [4.78, 5) is 5.62. The molecule has 2 rings (SSSR count). The maximum atomic E-state index is 5.96. The van der Waals surface area contributed by atoms with E-state index in [-0.39, 0.29) is 6.04 Å². The van der Waals surface area contributed by atoms with Gasteiger partial charge in [0.05, 0.1) is 5.69 Å². The van der Waals surface area contributed by atoms with E-state index in [1.807, 2.05) is 12.3 Å². The minimum absolute atomic E-state index is 0.0517. The van der Waals surface area contributed by atoms with E-state index in [9.17, 15) is 0 Å². The van der Waals surface area contributed by atoms with Gasteiger partial charge in [-0.05, 0) is 31.0 Å². The molecule has 2 nitrogen and oxygen atoms in total. The normalized spacial score (nSPS) is 12.4. The van der Waals surface area contributed by atoms with Gasteiger partial charge in [0.25, 0.3) is 0 Å². The molecule has 1 atom stereocenters. The van der Waals surface area contributed by atoms with Crippen LogP contribution in [0.15, 0.2) is 47.5 Å². The highest BCUT2D eigenvalue weighted by Crippen LogP contribution is 2.23. The number of benzene rings is 1. The number of thioether (sulfide) groups is 1. The van der Waals surface area contributed by atoms with Gasteiger partial charge in [0.1, 0.15) is 0 Å². The Morgan fingerprint density at radius 3 is 2.74 bits per heavy atom. The zero-order chi connectivity index (χ0) is 13.7. The Kier molecular flexibility index (Phi) is 5.00. The second kappa shape index (κ2) is 6.73. The molecule has 0 unspecified atom stereocenters. The number of nitrogens with zero attached hydrogens (tertiary/aromatic N) is 1. The lowest BCUT2D eigenvalue weighted by molar-refractivity contribution is 0.674. The topological polar surface area (TPSA) is 38.9 Å². The summed E-state index contributed by atoms with van der Waals surface area (Å²) >= 11 is 1.81. The van der Waals surface area contributed by atoms with Crippen LogP contribution in [0.4, 0.5) is 0 Å². The van der Waals surface area contributed by atoms with E-state index < -0.39 is 0 Å². The number of aromatic nitrogens is 1. The Bertz CT molecular complexity index is 523. The van der Waals surface area contributed by atoms with Gasteiger partial charge in [-0.1, -0.05) is 36.8 Å². The third-order valence-electron chi connectivity index (χ3n) is 3.07. The molecule has 0 aliphatic rings. The highest BCUT2D eigenvalue weighted by molar-refractivity contribution is 7.98. The molecule has 0 aliphatic carbocycles. The molecular formula is C16H20N2S. The number of pyridine rings is 1. The zero-order valence-electron chi connectivity index (χ0n) is 11.5. The third-order valence-corrected chi connectivity index (χ3v) is 4.12. The Morgan fingerprint density at radius 2 is 2.11 bits per heavy atom. The Morgan fingerprint density at radius 1 is 1.26 bits per heavy atom. The predicted molar refractivity (Wildman–Crippen MR) is 82.2 cm³/mol. The molecule has 0 radical (unpaired) electrons. The Hall–Kier alpha value is -1.32. The molecule has 0 amide bonds. The third kappa shape index (κ3) is 4.08. The molecule has 3 heteroatoms. The number of rotatable bonds is 5. The fraction of sp³-hybridized carbons (Fsp3) is 0.312. The molecule has 19 heavy (non-hydrogen) atoms. The first kappa shape index (κ1) is 14.1. The van der Waals surface area contributed by atoms with Crippen molar-refractivity contribution in [1.29, 1.82) is 0 Å². The van der Waals surface area contributed by atoms with Crippen LogP contribution in [0.3, 0.4) is 0 Å². The van der Waals surface area contributed by atoms with Gasteiger partial charge in [0.2, 0.25) is 0 Å². The van der Waals surface area contributed by atoms with Crippen LogP contribution in [-0.4, -0.2) is 4.98 Å². The minimum atomic E-state index is 0.0517. The predicted octanol–water partition coefficient (Wildman–Crippen LogP) is 4.09. The maximum Gasteiger partial charge on any atom is 0.0571 e. The molecule has 0 bridgehead atoms. The van der Waals surface area contributed by atoms with Crippen molar-refractivity contribution < 1.29 is 0 Å². The van der Waals surface area contributed by atoms with Crippen molar-refractivity contribution in [3.63, 3.8) is 0 Å². The van der Waals surface area contributed by atoms with Gasteiger partial charge < -0.3 is 5.73 Å². The van der Waals surface area contributed by atoms with Crippen molar-refractivity contribution >= 4 is 11.8 Å². The molecule has 0 aliphatic heterocycles. The number of aryl methyl sites for hydroxylation is 1. The van der Waals surface area contributed by atoms with Gasteiger partial charge in [-0.2, -0.15) is 0 Å². The first-order valence-electron chi connectivity index (χ1n) is 6.59. The molecule has 1 aromatic carbocycles. The van der Waals surface area contributed by atoms with Crippen molar-refractivity contribution in [3.8, 4) is 0 Å². The van der Waals surface area contributed by atoms with Crippen LogP contribution in [0.5, 0.6) is 0 Å². The second-order valence-corrected chi connectivity index (χ2v) is 5.76. The first-order chi connectivity index (χ1) is 9.19. The van der Waals surface area contributed by atoms with E-state index in [2.05, 4.69) is 49.2 Å². The van der Waals surface area contributed by atoms with Crippen LogP contribution in [0.1, 0.15) is 36.2 Å². The van der Waals surface area contributed by atoms with Crippen LogP contribution in [0, 0.1) is 6.92 Å². The minimum Gasteiger partial charge on any atom is -0.323 e. The van der Waals surface area contributed by atoms with Crippen molar-refractivity contribution in [2.45, 2.75) is 37.0 Å². The standard InChI is InChI=1S/C16H20N2S/c1-3-15(17)16-8-7-14(10-18-16)19-11-13-6-4-5-12(2)9-13/h4-10,15H,3,11,17H2,1-2H3/t15-/m0/s1. The Balaban J connectivity index is 1.96. The molecule has 2 N–H and O–H groups in total. The van der Waals surface area contributed by atoms with E-state index in [1.165, 1.54) is 16.0 Å². The largest absolute Gasteiger partial charge is 0.323 e. The van der Waals surface area contributed by atoms with Gasteiger partial charge in [-0.3, -0.25) is 4.98 Å². The van der Waals surface area contributed by atoms with E-state index in [0.717, 1.165) is 17.9 Å². The molecule has 1 aromatic heterocycles. The summed E-state index contributed by atoms with van der Waals surface area (Å²) < 4.78 is 0. The SMILES string of the molecule is CC[C@H](N)c1ccc(SCc2cccc(C)c2)cn1. The summed E-state index contributed by atoms with van der Waals surface area (Å²) in [6.07, 6.45) is 2.84. The number of hydrogen-bond donors (Lipinski definition) is 1. The second-order valence-electron chi connectivity index (χ2n) is 4.71. The van der Waals surface area contributed by atoms with Crippen LogP contribution in [0.2, 0.25) is 0 Å². The van der Waals surface area contributed by atoms with E-state index >= 15 is 0 Å². The number of hydrogen-bond acceptors (Lipinski definition) is 3. The molecular weight excluding hydrogens is 252 g/mol. The lowest BCUT2D eigenvalue weighted by Gasteiger charge is -2.08. The van der Waals surface area contributed by atoms with E-state index in [0.29, 0.717) is 0 Å². The quantitative estimate of drug-likeness (QED) is 0.833. The van der Waals surface area contributed by atoms with Gasteiger partial charge >= 0.3 is 0 Å². The summed E-state index contributed by atoms with van der Waals surface area (Å²) in [5, 5.41) is 0. The fourth-order valence-electron chi connectivity index (χ4n) is 1.87. The highest BCUT2D eigenvalue weighted by Gasteiger charge is 2.04. The lowest BCUT2D eigenvalue weighted by Crippen LogP contribution is -2.10. The summed E-state index contributed by atoms with van der Waals surface area (Å²) in [5.41, 5.74) is 9.58. The van der Waals surface area contributed by atoms with Gasteiger partial charge in [0, 0.05) is 22.9 Å². The molecule has 0 fully saturated rings. The van der Waals surface area contributed by atoms with E-state index in [4.69, 9.17) is 5.73 Å². The van der Waals surface area contributed by atoms with Gasteiger partial charge in [-0.25, -0.2) is 0 Å². The zero-order valence-corrected chi connectivity index (χ0v) is 12.3. The monoisotopic (exact) mass is 272 g/mol. The van der Waals surface area contributed by atoms with Crippen LogP contribution < -0.4 is 5.73 Å². The van der Waals surface area contributed by atoms with Crippen molar-refractivity contribution in [3.05, 3.63) is 59.4 Å². The van der Waals surface area contributed by atoms with Crippen LogP contribution >= 0.6 is 11.8 Å². The van der Waals surface area contributed by atoms with Crippen molar-refractivity contribution in [1.82, 2.24) is 4.98 Å². The first-order valence-corrected chi connectivity index (χ1v) is 7.57. The molecule has 2 aromatic rings. The van der Waals surface area contributed by atoms with E-state index in [1.54, 1.807) is 11.8 Å². The fourth-order valence-corrected chi connectivity index (χ4v) is 2.68. The summed E-state index contributed by atoms with van der Waals surface area (Å²) in [5.74, 6) is 0.975. The average molecular weight is 272 g/mol. The molecule has 0 spiro atoms. The Labute approximate surface area is 119 Å². The number of nitrogens with two attached hydrogens (primary N) is 1. The molecule has 0 saturated heterocycles. The smallest absolute Gasteiger partial charge is 0.0571 e. The van der Waals surface area contributed by atoms with Crippen LogP contribution in [-0.2, 0) is 5.75 Å². The molecule has 0 saturated carbocycles. The van der Waals surface area contributed by atoms with Crippen molar-refractivity contribution in [2.75, 3.05) is 0 Å². The highest BCUT2D eigenvalue weighted by atomic mass is 32.2.